The van der Waals surface area contributed by atoms with Crippen molar-refractivity contribution in [3.05, 3.63) is 35.4 Å². The molecule has 0 unspecified atom stereocenters. The van der Waals surface area contributed by atoms with Crippen molar-refractivity contribution in [2.24, 2.45) is 0 Å². The molecule has 1 aliphatic rings. The second-order valence-corrected chi connectivity index (χ2v) is 7.01. The SMILES string of the molecule is CC(C)(C)OC(=O)N1CCC(c2ccccc2CC(=O)O)CC1. The highest BCUT2D eigenvalue weighted by Gasteiger charge is 2.28. The molecule has 1 fully saturated rings. The monoisotopic (exact) mass is 319 g/mol. The summed E-state index contributed by atoms with van der Waals surface area (Å²) in [6.45, 7) is 6.86. The number of carbonyl (C=O) groups excluding carboxylic acids is 1. The maximum atomic E-state index is 12.1. The molecule has 1 N–H and O–H groups in total. The Kier molecular flexibility index (Phi) is 5.29. The molecule has 1 heterocycles. The van der Waals surface area contributed by atoms with Crippen LogP contribution in [0.15, 0.2) is 24.3 Å². The van der Waals surface area contributed by atoms with E-state index in [9.17, 15) is 9.59 Å². The smallest absolute Gasteiger partial charge is 0.410 e. The average molecular weight is 319 g/mol. The van der Waals surface area contributed by atoms with E-state index < -0.39 is 11.6 Å². The number of ether oxygens (including phenoxy) is 1. The van der Waals surface area contributed by atoms with Crippen LogP contribution in [0.3, 0.4) is 0 Å². The van der Waals surface area contributed by atoms with Crippen molar-refractivity contribution in [2.45, 2.75) is 51.6 Å². The molecule has 5 heteroatoms. The number of carboxylic acids is 1. The van der Waals surface area contributed by atoms with Gasteiger partial charge in [0.2, 0.25) is 0 Å². The van der Waals surface area contributed by atoms with Gasteiger partial charge in [-0.15, -0.1) is 0 Å². The number of amides is 1. The van der Waals surface area contributed by atoms with Crippen LogP contribution in [0.4, 0.5) is 4.79 Å². The Bertz CT molecular complexity index is 569. The van der Waals surface area contributed by atoms with Crippen molar-refractivity contribution in [3.63, 3.8) is 0 Å². The number of carbonyl (C=O) groups is 2. The van der Waals surface area contributed by atoms with E-state index in [0.29, 0.717) is 19.0 Å². The predicted molar refractivity (Wildman–Crippen MR) is 87.6 cm³/mol. The molecule has 5 nitrogen and oxygen atoms in total. The number of likely N-dealkylation sites (tertiary alicyclic amines) is 1. The van der Waals surface area contributed by atoms with Crippen LogP contribution in [0.2, 0.25) is 0 Å². The predicted octanol–water partition coefficient (Wildman–Crippen LogP) is 3.43. The number of piperidine rings is 1. The summed E-state index contributed by atoms with van der Waals surface area (Å²) in [7, 11) is 0. The average Bonchev–Trinajstić information content (AvgIpc) is 2.45. The van der Waals surface area contributed by atoms with Crippen LogP contribution in [0.25, 0.3) is 0 Å². The molecule has 0 aliphatic carbocycles. The molecular weight excluding hydrogens is 294 g/mol. The molecule has 0 bridgehead atoms. The number of hydrogen-bond acceptors (Lipinski definition) is 3. The number of benzene rings is 1. The Labute approximate surface area is 137 Å². The van der Waals surface area contributed by atoms with Crippen molar-refractivity contribution in [1.82, 2.24) is 4.90 Å². The molecule has 126 valence electrons. The van der Waals surface area contributed by atoms with Gasteiger partial charge in [-0.1, -0.05) is 24.3 Å². The summed E-state index contributed by atoms with van der Waals surface area (Å²) in [5, 5.41) is 9.04. The number of hydrogen-bond donors (Lipinski definition) is 1. The van der Waals surface area contributed by atoms with Gasteiger partial charge in [0.15, 0.2) is 0 Å². The van der Waals surface area contributed by atoms with E-state index in [4.69, 9.17) is 9.84 Å². The highest BCUT2D eigenvalue weighted by atomic mass is 16.6. The van der Waals surface area contributed by atoms with Crippen molar-refractivity contribution >= 4 is 12.1 Å². The fraction of sp³-hybridized carbons (Fsp3) is 0.556. The minimum Gasteiger partial charge on any atom is -0.481 e. The lowest BCUT2D eigenvalue weighted by molar-refractivity contribution is -0.136. The van der Waals surface area contributed by atoms with Crippen LogP contribution >= 0.6 is 0 Å². The minimum atomic E-state index is -0.816. The van der Waals surface area contributed by atoms with E-state index in [2.05, 4.69) is 0 Å². The largest absolute Gasteiger partial charge is 0.481 e. The molecule has 0 atom stereocenters. The first-order chi connectivity index (χ1) is 10.8. The zero-order chi connectivity index (χ0) is 17.0. The van der Waals surface area contributed by atoms with Crippen LogP contribution in [-0.2, 0) is 16.0 Å². The van der Waals surface area contributed by atoms with E-state index in [1.54, 1.807) is 4.90 Å². The second-order valence-electron chi connectivity index (χ2n) is 7.01. The van der Waals surface area contributed by atoms with Crippen LogP contribution in [0.1, 0.15) is 50.7 Å². The summed E-state index contributed by atoms with van der Waals surface area (Å²) in [6, 6.07) is 7.70. The van der Waals surface area contributed by atoms with Gasteiger partial charge < -0.3 is 14.7 Å². The molecule has 1 saturated heterocycles. The Morgan fingerprint density at radius 3 is 2.39 bits per heavy atom. The summed E-state index contributed by atoms with van der Waals surface area (Å²) in [6.07, 6.45) is 1.43. The second kappa shape index (κ2) is 7.02. The van der Waals surface area contributed by atoms with Gasteiger partial charge in [0.25, 0.3) is 0 Å². The molecule has 0 saturated carbocycles. The summed E-state index contributed by atoms with van der Waals surface area (Å²) in [5.41, 5.74) is 1.48. The first-order valence-electron chi connectivity index (χ1n) is 8.04. The number of aliphatic carboxylic acids is 1. The molecule has 0 radical (unpaired) electrons. The third-order valence-electron chi connectivity index (χ3n) is 3.98. The lowest BCUT2D eigenvalue weighted by atomic mass is 9.86. The zero-order valence-electron chi connectivity index (χ0n) is 14.0. The summed E-state index contributed by atoms with van der Waals surface area (Å²) in [4.78, 5) is 24.8. The van der Waals surface area contributed by atoms with Gasteiger partial charge in [0.1, 0.15) is 5.60 Å². The fourth-order valence-electron chi connectivity index (χ4n) is 2.96. The van der Waals surface area contributed by atoms with E-state index in [1.165, 1.54) is 0 Å². The standard InChI is InChI=1S/C18H25NO4/c1-18(2,3)23-17(22)19-10-8-13(9-11-19)15-7-5-4-6-14(15)12-16(20)21/h4-7,13H,8-12H2,1-3H3,(H,20,21). The molecule has 1 aromatic carbocycles. The van der Waals surface area contributed by atoms with E-state index in [1.807, 2.05) is 45.0 Å². The third-order valence-corrected chi connectivity index (χ3v) is 3.98. The van der Waals surface area contributed by atoms with Gasteiger partial charge in [-0.05, 0) is 50.7 Å². The van der Waals surface area contributed by atoms with Gasteiger partial charge in [-0.3, -0.25) is 4.79 Å². The summed E-state index contributed by atoms with van der Waals surface area (Å²) >= 11 is 0. The van der Waals surface area contributed by atoms with Crippen molar-refractivity contribution < 1.29 is 19.4 Å². The molecule has 23 heavy (non-hydrogen) atoms. The van der Waals surface area contributed by atoms with E-state index >= 15 is 0 Å². The van der Waals surface area contributed by atoms with Crippen molar-refractivity contribution in [2.75, 3.05) is 13.1 Å². The van der Waals surface area contributed by atoms with Crippen molar-refractivity contribution in [1.29, 1.82) is 0 Å². The van der Waals surface area contributed by atoms with Crippen LogP contribution in [0, 0.1) is 0 Å². The Balaban J connectivity index is 2.00. The quantitative estimate of drug-likeness (QED) is 0.927. The van der Waals surface area contributed by atoms with Crippen molar-refractivity contribution in [3.8, 4) is 0 Å². The molecule has 0 aromatic heterocycles. The molecule has 2 rings (SSSR count). The normalized spacial score (nSPS) is 16.2. The van der Waals surface area contributed by atoms with Gasteiger partial charge in [0, 0.05) is 13.1 Å². The summed E-state index contributed by atoms with van der Waals surface area (Å²) < 4.78 is 5.40. The number of rotatable bonds is 3. The fourth-order valence-corrected chi connectivity index (χ4v) is 2.96. The molecule has 1 aromatic rings. The minimum absolute atomic E-state index is 0.0441. The Morgan fingerprint density at radius 2 is 1.83 bits per heavy atom. The molecule has 0 spiro atoms. The van der Waals surface area contributed by atoms with Gasteiger partial charge >= 0.3 is 12.1 Å². The van der Waals surface area contributed by atoms with E-state index in [0.717, 1.165) is 24.0 Å². The number of carboxylic acid groups (broad SMARTS) is 1. The maximum Gasteiger partial charge on any atom is 0.410 e. The third kappa shape index (κ3) is 4.98. The van der Waals surface area contributed by atoms with Crippen LogP contribution in [0.5, 0.6) is 0 Å². The topological polar surface area (TPSA) is 66.8 Å². The highest BCUT2D eigenvalue weighted by Crippen LogP contribution is 2.31. The van der Waals surface area contributed by atoms with Crippen LogP contribution in [-0.4, -0.2) is 40.8 Å². The summed E-state index contributed by atoms with van der Waals surface area (Å²) in [5.74, 6) is -0.520. The lowest BCUT2D eigenvalue weighted by Gasteiger charge is -2.34. The highest BCUT2D eigenvalue weighted by molar-refractivity contribution is 5.71. The first kappa shape index (κ1) is 17.3. The van der Waals surface area contributed by atoms with E-state index in [-0.39, 0.29) is 12.5 Å². The maximum absolute atomic E-state index is 12.1. The first-order valence-corrected chi connectivity index (χ1v) is 8.04. The Hall–Kier alpha value is -2.04. The lowest BCUT2D eigenvalue weighted by Crippen LogP contribution is -2.41. The van der Waals surface area contributed by atoms with Gasteiger partial charge in [-0.2, -0.15) is 0 Å². The van der Waals surface area contributed by atoms with Crippen LogP contribution < -0.4 is 0 Å². The Morgan fingerprint density at radius 1 is 1.22 bits per heavy atom. The zero-order valence-corrected chi connectivity index (χ0v) is 14.0. The number of nitrogens with zero attached hydrogens (tertiary/aromatic N) is 1. The van der Waals surface area contributed by atoms with Gasteiger partial charge in [-0.25, -0.2) is 4.79 Å². The molecular formula is C18H25NO4. The van der Waals surface area contributed by atoms with Gasteiger partial charge in [0.05, 0.1) is 6.42 Å². The molecule has 1 amide bonds. The molecule has 1 aliphatic heterocycles.